The predicted molar refractivity (Wildman–Crippen MR) is 65.0 cm³/mol. The summed E-state index contributed by atoms with van der Waals surface area (Å²) in [5.74, 6) is 0.741. The van der Waals surface area contributed by atoms with Crippen LogP contribution in [-0.4, -0.2) is 29.9 Å². The van der Waals surface area contributed by atoms with Crippen LogP contribution in [0.25, 0.3) is 0 Å². The van der Waals surface area contributed by atoms with Gasteiger partial charge in [-0.15, -0.1) is 0 Å². The topological polar surface area (TPSA) is 76.4 Å². The standard InChI is InChI=1S/C12H19N3O3/c1-3-17-11-5-9(6-11)14-12(16)13-7-10-4-8(2)18-15-10/h4,9,11H,3,5-7H2,1-2H3,(H2,13,14,16). The first kappa shape index (κ1) is 12.9. The fourth-order valence-corrected chi connectivity index (χ4v) is 1.96. The van der Waals surface area contributed by atoms with Crippen LogP contribution in [-0.2, 0) is 11.3 Å². The largest absolute Gasteiger partial charge is 0.378 e. The monoisotopic (exact) mass is 253 g/mol. The molecule has 1 aliphatic rings. The minimum atomic E-state index is -0.171. The van der Waals surface area contributed by atoms with Crippen molar-refractivity contribution < 1.29 is 14.1 Å². The third kappa shape index (κ3) is 3.46. The zero-order valence-corrected chi connectivity index (χ0v) is 10.7. The van der Waals surface area contributed by atoms with E-state index >= 15 is 0 Å². The number of hydrogen-bond donors (Lipinski definition) is 2. The molecule has 100 valence electrons. The second-order valence-electron chi connectivity index (χ2n) is 4.50. The summed E-state index contributed by atoms with van der Waals surface area (Å²) in [4.78, 5) is 11.6. The van der Waals surface area contributed by atoms with E-state index in [1.807, 2.05) is 13.8 Å². The second kappa shape index (κ2) is 5.86. The lowest BCUT2D eigenvalue weighted by Crippen LogP contribution is -2.50. The van der Waals surface area contributed by atoms with Gasteiger partial charge in [-0.3, -0.25) is 0 Å². The van der Waals surface area contributed by atoms with Gasteiger partial charge in [-0.1, -0.05) is 5.16 Å². The molecule has 1 saturated carbocycles. The maximum absolute atomic E-state index is 11.6. The molecular weight excluding hydrogens is 234 g/mol. The van der Waals surface area contributed by atoms with Gasteiger partial charge in [0.2, 0.25) is 0 Å². The summed E-state index contributed by atoms with van der Waals surface area (Å²) in [5, 5.41) is 9.44. The Bertz CT molecular complexity index is 399. The number of carbonyl (C=O) groups excluding carboxylic acids is 1. The quantitative estimate of drug-likeness (QED) is 0.830. The summed E-state index contributed by atoms with van der Waals surface area (Å²) >= 11 is 0. The molecule has 1 aromatic heterocycles. The van der Waals surface area contributed by atoms with Crippen molar-refractivity contribution in [3.05, 3.63) is 17.5 Å². The molecule has 0 saturated heterocycles. The molecule has 1 aromatic rings. The Morgan fingerprint density at radius 2 is 2.39 bits per heavy atom. The first-order chi connectivity index (χ1) is 8.67. The van der Waals surface area contributed by atoms with Gasteiger partial charge in [0.25, 0.3) is 0 Å². The van der Waals surface area contributed by atoms with Gasteiger partial charge in [0, 0.05) is 18.7 Å². The molecule has 0 aromatic carbocycles. The van der Waals surface area contributed by atoms with Gasteiger partial charge in [-0.2, -0.15) is 0 Å². The number of amides is 2. The van der Waals surface area contributed by atoms with Crippen LogP contribution >= 0.6 is 0 Å². The molecule has 1 fully saturated rings. The van der Waals surface area contributed by atoms with Crippen molar-refractivity contribution in [2.75, 3.05) is 6.61 Å². The number of aromatic nitrogens is 1. The molecule has 2 rings (SSSR count). The maximum atomic E-state index is 11.6. The second-order valence-corrected chi connectivity index (χ2v) is 4.50. The lowest BCUT2D eigenvalue weighted by atomic mass is 9.89. The number of urea groups is 1. The summed E-state index contributed by atoms with van der Waals surface area (Å²) in [6.45, 7) is 4.91. The lowest BCUT2D eigenvalue weighted by Gasteiger charge is -2.35. The van der Waals surface area contributed by atoms with Crippen LogP contribution < -0.4 is 10.6 Å². The van der Waals surface area contributed by atoms with Crippen LogP contribution in [0.4, 0.5) is 4.79 Å². The molecule has 2 amide bonds. The fraction of sp³-hybridized carbons (Fsp3) is 0.667. The van der Waals surface area contributed by atoms with Crippen molar-refractivity contribution in [1.29, 1.82) is 0 Å². The van der Waals surface area contributed by atoms with E-state index in [1.54, 1.807) is 6.07 Å². The minimum Gasteiger partial charge on any atom is -0.378 e. The van der Waals surface area contributed by atoms with Crippen LogP contribution in [0, 0.1) is 6.92 Å². The van der Waals surface area contributed by atoms with E-state index in [1.165, 1.54) is 0 Å². The van der Waals surface area contributed by atoms with Gasteiger partial charge in [-0.05, 0) is 26.7 Å². The first-order valence-electron chi connectivity index (χ1n) is 6.25. The first-order valence-corrected chi connectivity index (χ1v) is 6.25. The van der Waals surface area contributed by atoms with Crippen LogP contribution in [0.15, 0.2) is 10.6 Å². The molecular formula is C12H19N3O3. The molecule has 6 nitrogen and oxygen atoms in total. The molecule has 0 radical (unpaired) electrons. The molecule has 6 heteroatoms. The smallest absolute Gasteiger partial charge is 0.315 e. The Morgan fingerprint density at radius 3 is 3.00 bits per heavy atom. The molecule has 1 aliphatic carbocycles. The van der Waals surface area contributed by atoms with E-state index in [9.17, 15) is 4.79 Å². The van der Waals surface area contributed by atoms with E-state index in [4.69, 9.17) is 9.26 Å². The van der Waals surface area contributed by atoms with Gasteiger partial charge in [0.15, 0.2) is 0 Å². The number of ether oxygens (including phenoxy) is 1. The number of rotatable bonds is 5. The van der Waals surface area contributed by atoms with Crippen LogP contribution in [0.1, 0.15) is 31.2 Å². The molecule has 0 aliphatic heterocycles. The van der Waals surface area contributed by atoms with E-state index in [2.05, 4.69) is 15.8 Å². The average Bonchev–Trinajstić information content (AvgIpc) is 2.70. The van der Waals surface area contributed by atoms with E-state index in [-0.39, 0.29) is 12.1 Å². The van der Waals surface area contributed by atoms with Crippen molar-refractivity contribution in [1.82, 2.24) is 15.8 Å². The third-order valence-corrected chi connectivity index (χ3v) is 2.94. The SMILES string of the molecule is CCOC1CC(NC(=O)NCc2cc(C)on2)C1. The summed E-state index contributed by atoms with van der Waals surface area (Å²) in [6, 6.07) is 1.85. The summed E-state index contributed by atoms with van der Waals surface area (Å²) in [7, 11) is 0. The van der Waals surface area contributed by atoms with E-state index in [0.29, 0.717) is 12.6 Å². The van der Waals surface area contributed by atoms with E-state index < -0.39 is 0 Å². The van der Waals surface area contributed by atoms with Crippen LogP contribution in [0.2, 0.25) is 0 Å². The Labute approximate surface area is 106 Å². The van der Waals surface area contributed by atoms with Gasteiger partial charge < -0.3 is 19.9 Å². The number of nitrogens with one attached hydrogen (secondary N) is 2. The van der Waals surface area contributed by atoms with E-state index in [0.717, 1.165) is 30.9 Å². The molecule has 0 unspecified atom stereocenters. The normalized spacial score (nSPS) is 22.3. The summed E-state index contributed by atoms with van der Waals surface area (Å²) < 4.78 is 10.3. The fourth-order valence-electron chi connectivity index (χ4n) is 1.96. The van der Waals surface area contributed by atoms with Crippen LogP contribution in [0.5, 0.6) is 0 Å². The highest BCUT2D eigenvalue weighted by Gasteiger charge is 2.30. The minimum absolute atomic E-state index is 0.171. The van der Waals surface area contributed by atoms with Gasteiger partial charge in [-0.25, -0.2) is 4.79 Å². The Hall–Kier alpha value is -1.56. The van der Waals surface area contributed by atoms with Crippen molar-refractivity contribution in [2.24, 2.45) is 0 Å². The number of hydrogen-bond acceptors (Lipinski definition) is 4. The van der Waals surface area contributed by atoms with Crippen molar-refractivity contribution in [2.45, 2.75) is 45.4 Å². The Kier molecular flexibility index (Phi) is 4.19. The Morgan fingerprint density at radius 1 is 1.61 bits per heavy atom. The molecule has 2 N–H and O–H groups in total. The zero-order chi connectivity index (χ0) is 13.0. The highest BCUT2D eigenvalue weighted by molar-refractivity contribution is 5.74. The predicted octanol–water partition coefficient (Wildman–Crippen LogP) is 1.35. The number of carbonyl (C=O) groups is 1. The summed E-state index contributed by atoms with van der Waals surface area (Å²) in [5.41, 5.74) is 0.725. The third-order valence-electron chi connectivity index (χ3n) is 2.94. The average molecular weight is 253 g/mol. The molecule has 1 heterocycles. The highest BCUT2D eigenvalue weighted by Crippen LogP contribution is 2.22. The molecule has 0 atom stereocenters. The number of nitrogens with zero attached hydrogens (tertiary/aromatic N) is 1. The van der Waals surface area contributed by atoms with Crippen LogP contribution in [0.3, 0.4) is 0 Å². The Balaban J connectivity index is 1.62. The summed E-state index contributed by atoms with van der Waals surface area (Å²) in [6.07, 6.45) is 2.09. The highest BCUT2D eigenvalue weighted by atomic mass is 16.5. The van der Waals surface area contributed by atoms with Crippen molar-refractivity contribution in [3.63, 3.8) is 0 Å². The van der Waals surface area contributed by atoms with Crippen molar-refractivity contribution in [3.8, 4) is 0 Å². The molecule has 0 bridgehead atoms. The number of aryl methyl sites for hydroxylation is 1. The lowest BCUT2D eigenvalue weighted by molar-refractivity contribution is -0.00709. The van der Waals surface area contributed by atoms with Crippen molar-refractivity contribution >= 4 is 6.03 Å². The van der Waals surface area contributed by atoms with Gasteiger partial charge in [0.1, 0.15) is 11.5 Å². The zero-order valence-electron chi connectivity index (χ0n) is 10.7. The molecule has 0 spiro atoms. The molecule has 18 heavy (non-hydrogen) atoms. The maximum Gasteiger partial charge on any atom is 0.315 e. The van der Waals surface area contributed by atoms with Gasteiger partial charge in [0.05, 0.1) is 12.6 Å². The van der Waals surface area contributed by atoms with Gasteiger partial charge >= 0.3 is 6.03 Å².